The monoisotopic (exact) mass is 708 g/mol. The molecule has 2 heterocycles. The van der Waals surface area contributed by atoms with Crippen LogP contribution in [-0.2, 0) is 22.6 Å². The number of methoxy groups -OCH3 is 2. The molecule has 1 aliphatic rings. The van der Waals surface area contributed by atoms with Crippen LogP contribution in [0.5, 0.6) is 23.0 Å². The largest absolute Gasteiger partial charge is 0.493 e. The molecule has 5 rings (SSSR count). The second kappa shape index (κ2) is 15.6. The Balaban J connectivity index is 1.59. The Kier molecular flexibility index (Phi) is 11.3. The van der Waals surface area contributed by atoms with Gasteiger partial charge in [0.25, 0.3) is 5.56 Å². The molecule has 0 saturated carbocycles. The fourth-order valence-corrected chi connectivity index (χ4v) is 6.75. The highest BCUT2D eigenvalue weighted by molar-refractivity contribution is 7.07. The standard InChI is InChI=1S/C36H34Cl2N2O7S/c1-6-9-23-14-21(15-30(43-4)33(23)47-20-24-10-12-25(37)18-27(24)38)16-31-34(41)40-32(26(35(42)44-5)19-39-36(40)48-31)22-11-13-28(45-7-2)29(17-22)46-8-3/h6,10-19,32H,1,7-9,20H2,2-5H3/b31-16-/t32-/m1/s1. The van der Waals surface area contributed by atoms with Gasteiger partial charge in [-0.05, 0) is 73.9 Å². The first-order chi connectivity index (χ1) is 23.2. The minimum Gasteiger partial charge on any atom is -0.493 e. The van der Waals surface area contributed by atoms with E-state index in [2.05, 4.69) is 11.6 Å². The van der Waals surface area contributed by atoms with Gasteiger partial charge < -0.3 is 23.7 Å². The molecule has 1 atom stereocenters. The third kappa shape index (κ3) is 7.31. The third-order valence-electron chi connectivity index (χ3n) is 7.43. The third-order valence-corrected chi connectivity index (χ3v) is 9.02. The number of nitrogens with zero attached hydrogens (tertiary/aromatic N) is 2. The van der Waals surface area contributed by atoms with E-state index in [0.717, 1.165) is 11.1 Å². The summed E-state index contributed by atoms with van der Waals surface area (Å²) in [6.45, 7) is 8.69. The van der Waals surface area contributed by atoms with E-state index in [1.165, 1.54) is 29.2 Å². The summed E-state index contributed by atoms with van der Waals surface area (Å²) in [4.78, 5) is 32.0. The van der Waals surface area contributed by atoms with Crippen LogP contribution >= 0.6 is 34.5 Å². The van der Waals surface area contributed by atoms with Gasteiger partial charge in [0.2, 0.25) is 0 Å². The Bertz CT molecular complexity index is 2070. The van der Waals surface area contributed by atoms with Gasteiger partial charge in [-0.15, -0.1) is 6.58 Å². The van der Waals surface area contributed by atoms with Crippen molar-refractivity contribution < 1.29 is 28.5 Å². The maximum atomic E-state index is 14.1. The van der Waals surface area contributed by atoms with Gasteiger partial charge in [-0.1, -0.05) is 52.7 Å². The Morgan fingerprint density at radius 2 is 1.75 bits per heavy atom. The molecule has 0 N–H and O–H groups in total. The summed E-state index contributed by atoms with van der Waals surface area (Å²) in [6, 6.07) is 13.5. The number of hydrogen-bond donors (Lipinski definition) is 0. The van der Waals surface area contributed by atoms with Crippen LogP contribution in [0.3, 0.4) is 0 Å². The lowest BCUT2D eigenvalue weighted by molar-refractivity contribution is -0.136. The van der Waals surface area contributed by atoms with Gasteiger partial charge in [-0.25, -0.2) is 9.79 Å². The van der Waals surface area contributed by atoms with Gasteiger partial charge in [0, 0.05) is 27.4 Å². The molecule has 1 aliphatic heterocycles. The molecule has 0 bridgehead atoms. The molecule has 12 heteroatoms. The zero-order valence-electron chi connectivity index (χ0n) is 26.9. The summed E-state index contributed by atoms with van der Waals surface area (Å²) in [7, 11) is 2.84. The molecule has 48 heavy (non-hydrogen) atoms. The maximum absolute atomic E-state index is 14.1. The van der Waals surface area contributed by atoms with Gasteiger partial charge in [0.15, 0.2) is 27.8 Å². The highest BCUT2D eigenvalue weighted by atomic mass is 35.5. The first-order valence-electron chi connectivity index (χ1n) is 15.1. The number of thiazole rings is 1. The van der Waals surface area contributed by atoms with Crippen molar-refractivity contribution in [1.82, 2.24) is 4.57 Å². The van der Waals surface area contributed by atoms with Crippen LogP contribution in [-0.4, -0.2) is 38.0 Å². The van der Waals surface area contributed by atoms with Crippen LogP contribution in [0.2, 0.25) is 10.0 Å². The van der Waals surface area contributed by atoms with Gasteiger partial charge in [-0.2, -0.15) is 0 Å². The molecule has 0 amide bonds. The average Bonchev–Trinajstić information content (AvgIpc) is 3.39. The fraction of sp³-hybridized carbons (Fsp3) is 0.250. The first-order valence-corrected chi connectivity index (χ1v) is 16.7. The summed E-state index contributed by atoms with van der Waals surface area (Å²) in [6.07, 6.45) is 5.45. The summed E-state index contributed by atoms with van der Waals surface area (Å²) in [5.74, 6) is 1.47. The number of halogens is 2. The first kappa shape index (κ1) is 34.8. The second-order valence-corrected chi connectivity index (χ2v) is 12.3. The number of rotatable bonds is 13. The van der Waals surface area contributed by atoms with Crippen LogP contribution in [0.1, 0.15) is 42.1 Å². The molecule has 0 saturated heterocycles. The van der Waals surface area contributed by atoms with Crippen molar-refractivity contribution in [2.75, 3.05) is 27.4 Å². The minimum absolute atomic E-state index is 0.188. The molecule has 0 spiro atoms. The van der Waals surface area contributed by atoms with E-state index in [1.54, 1.807) is 55.7 Å². The molecule has 250 valence electrons. The minimum atomic E-state index is -0.813. The van der Waals surface area contributed by atoms with Gasteiger partial charge in [0.05, 0.1) is 43.6 Å². The van der Waals surface area contributed by atoms with Crippen molar-refractivity contribution in [2.24, 2.45) is 4.99 Å². The van der Waals surface area contributed by atoms with E-state index >= 15 is 0 Å². The number of esters is 1. The number of carbonyl (C=O) groups is 1. The van der Waals surface area contributed by atoms with Crippen molar-refractivity contribution in [3.8, 4) is 23.0 Å². The van der Waals surface area contributed by atoms with Gasteiger partial charge >= 0.3 is 5.97 Å². The summed E-state index contributed by atoms with van der Waals surface area (Å²) in [5, 5.41) is 1.03. The topological polar surface area (TPSA) is 97.6 Å². The van der Waals surface area contributed by atoms with E-state index in [0.29, 0.717) is 73.1 Å². The quantitative estimate of drug-likeness (QED) is 0.117. The number of fused-ring (bicyclic) bond motifs is 1. The number of carbonyl (C=O) groups excluding carboxylic acids is 1. The van der Waals surface area contributed by atoms with Crippen molar-refractivity contribution in [1.29, 1.82) is 0 Å². The van der Waals surface area contributed by atoms with Crippen LogP contribution in [0.4, 0.5) is 0 Å². The fourth-order valence-electron chi connectivity index (χ4n) is 5.32. The predicted octanol–water partition coefficient (Wildman–Crippen LogP) is 6.44. The molecule has 0 radical (unpaired) electrons. The van der Waals surface area contributed by atoms with Crippen LogP contribution < -0.4 is 33.8 Å². The van der Waals surface area contributed by atoms with Gasteiger partial charge in [-0.3, -0.25) is 9.36 Å². The molecule has 0 unspecified atom stereocenters. The molecule has 4 aromatic rings. The Morgan fingerprint density at radius 3 is 2.44 bits per heavy atom. The van der Waals surface area contributed by atoms with E-state index in [-0.39, 0.29) is 17.7 Å². The summed E-state index contributed by atoms with van der Waals surface area (Å²) >= 11 is 13.6. The Hall–Kier alpha value is -4.51. The van der Waals surface area contributed by atoms with Crippen LogP contribution in [0, 0.1) is 0 Å². The smallest absolute Gasteiger partial charge is 0.337 e. The molecule has 9 nitrogen and oxygen atoms in total. The molecule has 0 fully saturated rings. The van der Waals surface area contributed by atoms with Crippen molar-refractivity contribution >= 4 is 46.6 Å². The number of ether oxygens (including phenoxy) is 5. The molecular weight excluding hydrogens is 675 g/mol. The molecular formula is C36H34Cl2N2O7S. The number of allylic oxidation sites excluding steroid dienone is 1. The normalized spacial score (nSPS) is 14.0. The van der Waals surface area contributed by atoms with Crippen molar-refractivity contribution in [3.63, 3.8) is 0 Å². The molecule has 0 aliphatic carbocycles. The summed E-state index contributed by atoms with van der Waals surface area (Å²) < 4.78 is 30.5. The summed E-state index contributed by atoms with van der Waals surface area (Å²) in [5.41, 5.74) is 2.79. The number of aromatic nitrogens is 1. The van der Waals surface area contributed by atoms with E-state index in [9.17, 15) is 9.59 Å². The Labute approximate surface area is 291 Å². The van der Waals surface area contributed by atoms with E-state index < -0.39 is 12.0 Å². The van der Waals surface area contributed by atoms with Crippen LogP contribution in [0.15, 0.2) is 82.7 Å². The van der Waals surface area contributed by atoms with Crippen LogP contribution in [0.25, 0.3) is 6.08 Å². The molecule has 1 aromatic heterocycles. The maximum Gasteiger partial charge on any atom is 0.337 e. The lowest BCUT2D eigenvalue weighted by Crippen LogP contribution is -2.39. The average molecular weight is 710 g/mol. The Morgan fingerprint density at radius 1 is 0.979 bits per heavy atom. The lowest BCUT2D eigenvalue weighted by Gasteiger charge is -2.23. The zero-order valence-corrected chi connectivity index (χ0v) is 29.2. The zero-order chi connectivity index (χ0) is 34.4. The predicted molar refractivity (Wildman–Crippen MR) is 188 cm³/mol. The second-order valence-electron chi connectivity index (χ2n) is 10.5. The number of benzene rings is 3. The highest BCUT2D eigenvalue weighted by Gasteiger charge is 2.31. The number of hydrogen-bond acceptors (Lipinski definition) is 9. The van der Waals surface area contributed by atoms with Gasteiger partial charge in [0.1, 0.15) is 6.61 Å². The van der Waals surface area contributed by atoms with E-state index in [1.807, 2.05) is 26.0 Å². The van der Waals surface area contributed by atoms with Crippen molar-refractivity contribution in [2.45, 2.75) is 32.9 Å². The lowest BCUT2D eigenvalue weighted by atomic mass is 9.97. The SMILES string of the molecule is C=CCc1cc(/C=c2\sc3n(c2=O)[C@H](c2ccc(OCC)c(OCC)c2)C(C(=O)OC)=CN=3)cc(OC)c1OCc1ccc(Cl)cc1Cl. The van der Waals surface area contributed by atoms with Crippen molar-refractivity contribution in [3.05, 3.63) is 125 Å². The highest BCUT2D eigenvalue weighted by Crippen LogP contribution is 2.37. The van der Waals surface area contributed by atoms with E-state index in [4.69, 9.17) is 46.9 Å². The molecule has 3 aromatic carbocycles.